The van der Waals surface area contributed by atoms with Crippen LogP contribution < -0.4 is 20.2 Å². The molecule has 170 valence electrons. The summed E-state index contributed by atoms with van der Waals surface area (Å²) >= 11 is 11.6. The van der Waals surface area contributed by atoms with E-state index in [-0.39, 0.29) is 6.61 Å². The third-order valence-electron chi connectivity index (χ3n) is 4.71. The summed E-state index contributed by atoms with van der Waals surface area (Å²) in [6, 6.07) is 10.9. The molecule has 3 rings (SSSR count). The van der Waals surface area contributed by atoms with E-state index in [0.717, 1.165) is 22.5 Å². The van der Waals surface area contributed by atoms with Gasteiger partial charge in [-0.1, -0.05) is 17.7 Å². The second-order valence-electron chi connectivity index (χ2n) is 7.83. The maximum atomic E-state index is 11.6. The fourth-order valence-electron chi connectivity index (χ4n) is 3.20. The molecule has 0 radical (unpaired) electrons. The molecule has 0 saturated carbocycles. The van der Waals surface area contributed by atoms with E-state index >= 15 is 0 Å². The number of rotatable bonds is 6. The van der Waals surface area contributed by atoms with E-state index in [2.05, 4.69) is 15.8 Å². The van der Waals surface area contributed by atoms with E-state index < -0.39 is 11.6 Å². The number of benzene rings is 2. The van der Waals surface area contributed by atoms with Gasteiger partial charge in [0.2, 0.25) is 0 Å². The Labute approximate surface area is 198 Å². The third-order valence-corrected chi connectivity index (χ3v) is 5.31. The van der Waals surface area contributed by atoms with Gasteiger partial charge in [0.05, 0.1) is 12.3 Å². The Morgan fingerprint density at radius 3 is 2.84 bits per heavy atom. The molecule has 0 spiro atoms. The van der Waals surface area contributed by atoms with E-state index in [0.29, 0.717) is 34.7 Å². The molecule has 0 amide bonds. The highest BCUT2D eigenvalue weighted by molar-refractivity contribution is 7.80. The zero-order valence-electron chi connectivity index (χ0n) is 18.5. The summed E-state index contributed by atoms with van der Waals surface area (Å²) in [5.41, 5.74) is 5.68. The lowest BCUT2D eigenvalue weighted by Crippen LogP contribution is -2.37. The molecule has 1 heterocycles. The Hall–Kier alpha value is -2.84. The van der Waals surface area contributed by atoms with Crippen LogP contribution in [0.1, 0.15) is 38.3 Å². The molecule has 0 unspecified atom stereocenters. The van der Waals surface area contributed by atoms with Gasteiger partial charge in [0.15, 0.2) is 11.7 Å². The van der Waals surface area contributed by atoms with Crippen LogP contribution in [-0.4, -0.2) is 35.6 Å². The molecular formula is C23H26ClN3O4S. The molecule has 0 atom stereocenters. The number of hydrogen-bond donors (Lipinski definition) is 2. The van der Waals surface area contributed by atoms with Crippen molar-refractivity contribution in [3.63, 3.8) is 0 Å². The highest BCUT2D eigenvalue weighted by Crippen LogP contribution is 2.35. The summed E-state index contributed by atoms with van der Waals surface area (Å²) in [7, 11) is 0. The monoisotopic (exact) mass is 475 g/mol. The van der Waals surface area contributed by atoms with Crippen LogP contribution in [0.4, 0.5) is 5.69 Å². The van der Waals surface area contributed by atoms with E-state index in [1.54, 1.807) is 25.1 Å². The first-order valence-corrected chi connectivity index (χ1v) is 11.0. The second kappa shape index (κ2) is 10.2. The van der Waals surface area contributed by atoms with Crippen LogP contribution in [0.25, 0.3) is 0 Å². The van der Waals surface area contributed by atoms with E-state index in [9.17, 15) is 4.79 Å². The predicted molar refractivity (Wildman–Crippen MR) is 130 cm³/mol. The van der Waals surface area contributed by atoms with E-state index in [1.807, 2.05) is 39.0 Å². The molecule has 2 aromatic carbocycles. The van der Waals surface area contributed by atoms with Crippen molar-refractivity contribution >= 4 is 46.3 Å². The number of hydrogen-bond acceptors (Lipinski definition) is 6. The van der Waals surface area contributed by atoms with Crippen LogP contribution in [0.2, 0.25) is 5.02 Å². The van der Waals surface area contributed by atoms with Crippen molar-refractivity contribution in [3.8, 4) is 11.5 Å². The highest BCUT2D eigenvalue weighted by atomic mass is 35.5. The van der Waals surface area contributed by atoms with Crippen molar-refractivity contribution in [3.05, 3.63) is 52.5 Å². The number of anilines is 1. The number of carbonyl (C=O) groups is 1. The van der Waals surface area contributed by atoms with Crippen molar-refractivity contribution in [2.75, 3.05) is 18.5 Å². The maximum absolute atomic E-state index is 11.6. The van der Waals surface area contributed by atoms with Gasteiger partial charge in [-0.3, -0.25) is 5.43 Å². The van der Waals surface area contributed by atoms with Crippen LogP contribution in [-0.2, 0) is 9.53 Å². The fraction of sp³-hybridized carbons (Fsp3) is 0.348. The van der Waals surface area contributed by atoms with Gasteiger partial charge >= 0.3 is 5.97 Å². The van der Waals surface area contributed by atoms with Crippen molar-refractivity contribution in [1.82, 2.24) is 5.43 Å². The number of halogens is 1. The first kappa shape index (κ1) is 23.8. The van der Waals surface area contributed by atoms with Crippen molar-refractivity contribution in [1.29, 1.82) is 0 Å². The van der Waals surface area contributed by atoms with Gasteiger partial charge < -0.3 is 19.5 Å². The number of ether oxygens (including phenoxy) is 3. The second-order valence-corrected chi connectivity index (χ2v) is 8.64. The average Bonchev–Trinajstić information content (AvgIpc) is 2.73. The van der Waals surface area contributed by atoms with E-state index in [4.69, 9.17) is 38.0 Å². The van der Waals surface area contributed by atoms with Gasteiger partial charge in [0.25, 0.3) is 0 Å². The average molecular weight is 476 g/mol. The van der Waals surface area contributed by atoms with Gasteiger partial charge in [0.1, 0.15) is 17.1 Å². The maximum Gasteiger partial charge on any atom is 0.344 e. The first-order valence-electron chi connectivity index (χ1n) is 10.2. The number of esters is 1. The quantitative estimate of drug-likeness (QED) is 0.351. The van der Waals surface area contributed by atoms with Crippen LogP contribution in [0.5, 0.6) is 11.5 Å². The topological polar surface area (TPSA) is 81.2 Å². The molecule has 2 N–H and O–H groups in total. The lowest BCUT2D eigenvalue weighted by Gasteiger charge is -2.33. The summed E-state index contributed by atoms with van der Waals surface area (Å²) in [6.07, 6.45) is 0.549. The Balaban J connectivity index is 1.77. The molecule has 0 bridgehead atoms. The molecule has 32 heavy (non-hydrogen) atoms. The molecule has 9 heteroatoms. The highest BCUT2D eigenvalue weighted by Gasteiger charge is 2.31. The van der Waals surface area contributed by atoms with Crippen LogP contribution in [0, 0.1) is 6.92 Å². The van der Waals surface area contributed by atoms with Gasteiger partial charge in [-0.2, -0.15) is 5.10 Å². The molecule has 1 aliphatic rings. The molecule has 0 fully saturated rings. The minimum Gasteiger partial charge on any atom is -0.487 e. The SMILES string of the molecule is CCOC(=O)COc1ccc2c(c1)C(=NNC(=S)Nc1cccc(Cl)c1C)CC(C)(C)O2. The normalized spacial score (nSPS) is 15.3. The lowest BCUT2D eigenvalue weighted by atomic mass is 9.92. The van der Waals surface area contributed by atoms with Gasteiger partial charge in [0, 0.05) is 22.7 Å². The zero-order chi connectivity index (χ0) is 23.3. The number of nitrogens with zero attached hydrogens (tertiary/aromatic N) is 1. The molecule has 7 nitrogen and oxygen atoms in total. The Kier molecular flexibility index (Phi) is 7.58. The number of fused-ring (bicyclic) bond motifs is 1. The van der Waals surface area contributed by atoms with E-state index in [1.165, 1.54) is 0 Å². The summed E-state index contributed by atoms with van der Waals surface area (Å²) in [4.78, 5) is 11.6. The van der Waals surface area contributed by atoms with Crippen molar-refractivity contribution in [2.24, 2.45) is 5.10 Å². The molecule has 2 aromatic rings. The number of hydrazone groups is 1. The van der Waals surface area contributed by atoms with Crippen LogP contribution in [0.3, 0.4) is 0 Å². The lowest BCUT2D eigenvalue weighted by molar-refractivity contribution is -0.145. The smallest absolute Gasteiger partial charge is 0.344 e. The molecule has 1 aliphatic heterocycles. The Morgan fingerprint density at radius 2 is 2.09 bits per heavy atom. The first-order chi connectivity index (χ1) is 15.2. The number of thiocarbonyl (C=S) groups is 1. The molecule has 0 aromatic heterocycles. The Morgan fingerprint density at radius 1 is 1.31 bits per heavy atom. The summed E-state index contributed by atoms with van der Waals surface area (Å²) < 4.78 is 16.5. The third kappa shape index (κ3) is 6.11. The molecule has 0 saturated heterocycles. The standard InChI is InChI=1S/C23H26ClN3O4S/c1-5-29-21(28)13-30-15-9-10-20-16(11-15)19(12-23(3,4)31-20)26-27-22(32)25-18-8-6-7-17(24)14(18)2/h6-11H,5,12-13H2,1-4H3,(H2,25,27,32). The number of carbonyl (C=O) groups excluding carboxylic acids is 1. The summed E-state index contributed by atoms with van der Waals surface area (Å²) in [5.74, 6) is 0.767. The fourth-order valence-corrected chi connectivity index (χ4v) is 3.53. The minimum absolute atomic E-state index is 0.170. The van der Waals surface area contributed by atoms with Gasteiger partial charge in [-0.15, -0.1) is 0 Å². The van der Waals surface area contributed by atoms with Crippen molar-refractivity contribution in [2.45, 2.75) is 39.7 Å². The minimum atomic E-state index is -0.445. The Bertz CT molecular complexity index is 1060. The molecular weight excluding hydrogens is 450 g/mol. The number of nitrogens with one attached hydrogen (secondary N) is 2. The summed E-state index contributed by atoms with van der Waals surface area (Å²) in [6.45, 7) is 7.77. The predicted octanol–water partition coefficient (Wildman–Crippen LogP) is 4.84. The van der Waals surface area contributed by atoms with Crippen molar-refractivity contribution < 1.29 is 19.0 Å². The summed E-state index contributed by atoms with van der Waals surface area (Å²) in [5, 5.41) is 8.64. The largest absolute Gasteiger partial charge is 0.487 e. The van der Waals surface area contributed by atoms with Gasteiger partial charge in [-0.05, 0) is 75.8 Å². The molecule has 0 aliphatic carbocycles. The van der Waals surface area contributed by atoms with Gasteiger partial charge in [-0.25, -0.2) is 4.79 Å². The zero-order valence-corrected chi connectivity index (χ0v) is 20.0. The van der Waals surface area contributed by atoms with Crippen LogP contribution >= 0.6 is 23.8 Å². The van der Waals surface area contributed by atoms with Crippen LogP contribution in [0.15, 0.2) is 41.5 Å².